The molecule has 2 heterocycles. The molecule has 0 bridgehead atoms. The summed E-state index contributed by atoms with van der Waals surface area (Å²) >= 11 is 0. The van der Waals surface area contributed by atoms with Crippen LogP contribution >= 0.6 is 0 Å². The Kier molecular flexibility index (Phi) is 3.75. The summed E-state index contributed by atoms with van der Waals surface area (Å²) in [5.74, 6) is 0.552. The summed E-state index contributed by atoms with van der Waals surface area (Å²) in [4.78, 5) is 14.1. The van der Waals surface area contributed by atoms with Crippen LogP contribution in [0.3, 0.4) is 0 Å². The van der Waals surface area contributed by atoms with Crippen LogP contribution < -0.4 is 5.32 Å². The maximum absolute atomic E-state index is 12.4. The largest absolute Gasteiger partial charge is 0.321 e. The molecule has 1 N–H and O–H groups in total. The van der Waals surface area contributed by atoms with Gasteiger partial charge in [-0.15, -0.1) is 0 Å². The van der Waals surface area contributed by atoms with Crippen LogP contribution in [0.1, 0.15) is 25.1 Å². The third-order valence-electron chi connectivity index (χ3n) is 4.27. The zero-order valence-electron chi connectivity index (χ0n) is 12.0. The molecule has 0 radical (unpaired) electrons. The Hall–Kier alpha value is -1.40. The van der Waals surface area contributed by atoms with Gasteiger partial charge in [-0.25, -0.2) is 8.42 Å². The Morgan fingerprint density at radius 3 is 2.62 bits per heavy atom. The third-order valence-corrected chi connectivity index (χ3v) is 6.11. The fourth-order valence-corrected chi connectivity index (χ4v) is 5.02. The molecule has 21 heavy (non-hydrogen) atoms. The van der Waals surface area contributed by atoms with E-state index in [4.69, 9.17) is 0 Å². The van der Waals surface area contributed by atoms with Crippen LogP contribution in [-0.2, 0) is 14.6 Å². The summed E-state index contributed by atoms with van der Waals surface area (Å²) in [5, 5.41) is 3.29. The van der Waals surface area contributed by atoms with Gasteiger partial charge in [-0.1, -0.05) is 30.3 Å². The van der Waals surface area contributed by atoms with Crippen LogP contribution in [0.25, 0.3) is 0 Å². The minimum atomic E-state index is -2.91. The molecule has 2 fully saturated rings. The van der Waals surface area contributed by atoms with Crippen molar-refractivity contribution in [3.05, 3.63) is 35.9 Å². The van der Waals surface area contributed by atoms with Gasteiger partial charge in [0.05, 0.1) is 17.5 Å². The fraction of sp³-hybridized carbons (Fsp3) is 0.533. The number of benzene rings is 1. The summed E-state index contributed by atoms with van der Waals surface area (Å²) < 4.78 is 23.2. The fourth-order valence-electron chi connectivity index (χ4n) is 3.18. The molecule has 6 heteroatoms. The van der Waals surface area contributed by atoms with Crippen molar-refractivity contribution in [2.24, 2.45) is 5.92 Å². The second-order valence-electron chi connectivity index (χ2n) is 5.96. The van der Waals surface area contributed by atoms with Gasteiger partial charge in [-0.3, -0.25) is 10.1 Å². The smallest absolute Gasteiger partial charge is 0.241 e. The van der Waals surface area contributed by atoms with Crippen molar-refractivity contribution in [1.82, 2.24) is 10.2 Å². The number of sulfone groups is 1. The van der Waals surface area contributed by atoms with E-state index in [9.17, 15) is 13.2 Å². The van der Waals surface area contributed by atoms with Gasteiger partial charge in [-0.05, 0) is 24.8 Å². The molecule has 2 saturated heterocycles. The number of hydrogen-bond acceptors (Lipinski definition) is 4. The topological polar surface area (TPSA) is 66.5 Å². The van der Waals surface area contributed by atoms with E-state index in [2.05, 4.69) is 5.32 Å². The van der Waals surface area contributed by atoms with Crippen molar-refractivity contribution < 1.29 is 13.2 Å². The number of hydrogen-bond donors (Lipinski definition) is 1. The number of carbonyl (C=O) groups excluding carboxylic acids is 1. The van der Waals surface area contributed by atoms with Crippen LogP contribution in [0.5, 0.6) is 0 Å². The van der Waals surface area contributed by atoms with Crippen LogP contribution in [0.15, 0.2) is 30.3 Å². The molecule has 3 unspecified atom stereocenters. The Balaban J connectivity index is 1.79. The van der Waals surface area contributed by atoms with Crippen LogP contribution in [-0.4, -0.2) is 43.3 Å². The summed E-state index contributed by atoms with van der Waals surface area (Å²) in [6, 6.07) is 9.58. The SMILES string of the molecule is CC1NC(c2ccccc2)N(CC2CCS(=O)(=O)C2)C1=O. The van der Waals surface area contributed by atoms with Gasteiger partial charge in [-0.2, -0.15) is 0 Å². The van der Waals surface area contributed by atoms with Crippen molar-refractivity contribution in [3.8, 4) is 0 Å². The lowest BCUT2D eigenvalue weighted by Crippen LogP contribution is -2.35. The molecule has 0 saturated carbocycles. The number of carbonyl (C=O) groups is 1. The third kappa shape index (κ3) is 2.96. The monoisotopic (exact) mass is 308 g/mol. The Morgan fingerprint density at radius 1 is 1.29 bits per heavy atom. The molecule has 1 amide bonds. The second kappa shape index (κ2) is 5.42. The lowest BCUT2D eigenvalue weighted by Gasteiger charge is -2.27. The van der Waals surface area contributed by atoms with E-state index in [0.29, 0.717) is 13.0 Å². The van der Waals surface area contributed by atoms with Gasteiger partial charge in [0.25, 0.3) is 0 Å². The van der Waals surface area contributed by atoms with E-state index in [1.807, 2.05) is 37.3 Å². The molecule has 3 atom stereocenters. The lowest BCUT2D eigenvalue weighted by molar-refractivity contribution is -0.130. The van der Waals surface area contributed by atoms with Crippen LogP contribution in [0.2, 0.25) is 0 Å². The molecule has 0 aliphatic carbocycles. The average molecular weight is 308 g/mol. The summed E-state index contributed by atoms with van der Waals surface area (Å²) in [5.41, 5.74) is 1.04. The first-order valence-electron chi connectivity index (χ1n) is 7.28. The van der Waals surface area contributed by atoms with Crippen LogP contribution in [0.4, 0.5) is 0 Å². The van der Waals surface area contributed by atoms with Gasteiger partial charge in [0.1, 0.15) is 6.17 Å². The molecule has 0 spiro atoms. The highest BCUT2D eigenvalue weighted by atomic mass is 32.2. The normalized spacial score (nSPS) is 31.8. The van der Waals surface area contributed by atoms with Crippen molar-refractivity contribution in [2.75, 3.05) is 18.1 Å². The summed E-state index contributed by atoms with van der Waals surface area (Å²) in [6.07, 6.45) is 0.499. The highest BCUT2D eigenvalue weighted by Crippen LogP contribution is 2.29. The van der Waals surface area contributed by atoms with Gasteiger partial charge in [0, 0.05) is 6.54 Å². The zero-order chi connectivity index (χ0) is 15.0. The molecule has 5 nitrogen and oxygen atoms in total. The standard InChI is InChI=1S/C15H20N2O3S/c1-11-15(18)17(9-12-7-8-21(19,20)10-12)14(16-11)13-5-3-2-4-6-13/h2-6,11-12,14,16H,7-10H2,1H3. The van der Waals surface area contributed by atoms with Gasteiger partial charge in [0.2, 0.25) is 5.91 Å². The Bertz CT molecular complexity index is 630. The quantitative estimate of drug-likeness (QED) is 0.902. The highest BCUT2D eigenvalue weighted by Gasteiger charge is 2.40. The van der Waals surface area contributed by atoms with Crippen molar-refractivity contribution in [1.29, 1.82) is 0 Å². The van der Waals surface area contributed by atoms with Gasteiger partial charge in [0.15, 0.2) is 9.84 Å². The molecule has 1 aromatic rings. The van der Waals surface area contributed by atoms with Gasteiger partial charge >= 0.3 is 0 Å². The summed E-state index contributed by atoms with van der Waals surface area (Å²) in [6.45, 7) is 2.36. The molecule has 1 aromatic carbocycles. The van der Waals surface area contributed by atoms with E-state index >= 15 is 0 Å². The maximum Gasteiger partial charge on any atom is 0.241 e. The number of nitrogens with one attached hydrogen (secondary N) is 1. The number of amides is 1. The molecule has 2 aliphatic heterocycles. The molecular weight excluding hydrogens is 288 g/mol. The summed E-state index contributed by atoms with van der Waals surface area (Å²) in [7, 11) is -2.91. The lowest BCUT2D eigenvalue weighted by atomic mass is 10.1. The first-order chi connectivity index (χ1) is 9.96. The second-order valence-corrected chi connectivity index (χ2v) is 8.19. The average Bonchev–Trinajstić information content (AvgIpc) is 2.94. The molecule has 3 rings (SSSR count). The molecule has 0 aromatic heterocycles. The highest BCUT2D eigenvalue weighted by molar-refractivity contribution is 7.91. The van der Waals surface area contributed by atoms with E-state index in [1.165, 1.54) is 0 Å². The molecule has 2 aliphatic rings. The number of nitrogens with zero attached hydrogens (tertiary/aromatic N) is 1. The first-order valence-corrected chi connectivity index (χ1v) is 9.10. The van der Waals surface area contributed by atoms with Crippen molar-refractivity contribution in [3.63, 3.8) is 0 Å². The van der Waals surface area contributed by atoms with E-state index in [1.54, 1.807) is 4.90 Å². The van der Waals surface area contributed by atoms with Crippen LogP contribution in [0, 0.1) is 5.92 Å². The number of rotatable bonds is 3. The zero-order valence-corrected chi connectivity index (χ0v) is 12.8. The van der Waals surface area contributed by atoms with Crippen molar-refractivity contribution in [2.45, 2.75) is 25.6 Å². The molecular formula is C15H20N2O3S. The van der Waals surface area contributed by atoms with E-state index in [-0.39, 0.29) is 35.5 Å². The Labute approximate surface area is 125 Å². The maximum atomic E-state index is 12.4. The van der Waals surface area contributed by atoms with E-state index < -0.39 is 9.84 Å². The minimum absolute atomic E-state index is 0.0492. The molecule has 114 valence electrons. The minimum Gasteiger partial charge on any atom is -0.321 e. The van der Waals surface area contributed by atoms with Gasteiger partial charge < -0.3 is 4.90 Å². The van der Waals surface area contributed by atoms with Crippen molar-refractivity contribution >= 4 is 15.7 Å². The predicted molar refractivity (Wildman–Crippen MR) is 80.3 cm³/mol. The predicted octanol–water partition coefficient (Wildman–Crippen LogP) is 0.940. The first kappa shape index (κ1) is 14.5. The van der Waals surface area contributed by atoms with E-state index in [0.717, 1.165) is 5.56 Å². The Morgan fingerprint density at radius 2 is 2.00 bits per heavy atom.